The van der Waals surface area contributed by atoms with Crippen LogP contribution in [0.25, 0.3) is 0 Å². The van der Waals surface area contributed by atoms with Crippen LogP contribution in [0.4, 0.5) is 0 Å². The Bertz CT molecular complexity index is 759. The van der Waals surface area contributed by atoms with Gasteiger partial charge in [-0.1, -0.05) is 0 Å². The number of amides is 1. The summed E-state index contributed by atoms with van der Waals surface area (Å²) in [5.74, 6) is 0.948. The van der Waals surface area contributed by atoms with Crippen molar-refractivity contribution in [3.05, 3.63) is 70.6 Å². The van der Waals surface area contributed by atoms with E-state index in [1.54, 1.807) is 17.6 Å². The van der Waals surface area contributed by atoms with Crippen LogP contribution in [0.15, 0.2) is 59.5 Å². The SMILES string of the molecule is Cc1ccc(CN(Cc2ccco2)C(=O)CC(C)n2cccc2)s1. The van der Waals surface area contributed by atoms with Crippen LogP contribution in [-0.4, -0.2) is 15.4 Å². The molecule has 0 aromatic carbocycles. The van der Waals surface area contributed by atoms with Crippen molar-refractivity contribution in [1.29, 1.82) is 0 Å². The van der Waals surface area contributed by atoms with E-state index in [1.807, 2.05) is 41.6 Å². The van der Waals surface area contributed by atoms with E-state index in [1.165, 1.54) is 9.75 Å². The number of aromatic nitrogens is 1. The molecule has 3 aromatic heterocycles. The number of thiophene rings is 1. The van der Waals surface area contributed by atoms with Crippen LogP contribution in [-0.2, 0) is 17.9 Å². The van der Waals surface area contributed by atoms with Crippen molar-refractivity contribution < 1.29 is 9.21 Å². The number of rotatable bonds is 7. The summed E-state index contributed by atoms with van der Waals surface area (Å²) < 4.78 is 7.51. The minimum atomic E-state index is 0.136. The van der Waals surface area contributed by atoms with E-state index in [4.69, 9.17) is 4.42 Å². The smallest absolute Gasteiger partial charge is 0.225 e. The van der Waals surface area contributed by atoms with E-state index in [9.17, 15) is 4.79 Å². The Hall–Kier alpha value is -2.27. The van der Waals surface area contributed by atoms with E-state index in [0.29, 0.717) is 19.5 Å². The Morgan fingerprint density at radius 2 is 2.00 bits per heavy atom. The number of carbonyl (C=O) groups excluding carboxylic acids is 1. The van der Waals surface area contributed by atoms with Crippen molar-refractivity contribution in [2.24, 2.45) is 0 Å². The van der Waals surface area contributed by atoms with Crippen LogP contribution in [0.3, 0.4) is 0 Å². The summed E-state index contributed by atoms with van der Waals surface area (Å²) in [5.41, 5.74) is 0. The van der Waals surface area contributed by atoms with E-state index in [0.717, 1.165) is 5.76 Å². The molecule has 5 heteroatoms. The summed E-state index contributed by atoms with van der Waals surface area (Å²) in [6.07, 6.45) is 6.12. The predicted octanol–water partition coefficient (Wildman–Crippen LogP) is 4.63. The normalized spacial score (nSPS) is 12.2. The molecule has 0 aliphatic rings. The van der Waals surface area contributed by atoms with Gasteiger partial charge in [-0.2, -0.15) is 0 Å². The molecule has 0 aliphatic carbocycles. The van der Waals surface area contributed by atoms with Crippen molar-refractivity contribution in [3.63, 3.8) is 0 Å². The molecule has 0 saturated carbocycles. The number of nitrogens with zero attached hydrogens (tertiary/aromatic N) is 2. The van der Waals surface area contributed by atoms with Gasteiger partial charge in [0.1, 0.15) is 5.76 Å². The summed E-state index contributed by atoms with van der Waals surface area (Å²) in [7, 11) is 0. The fraction of sp³-hybridized carbons (Fsp3) is 0.316. The molecular weight excluding hydrogens is 320 g/mol. The average molecular weight is 342 g/mol. The third kappa shape index (κ3) is 4.17. The van der Waals surface area contributed by atoms with Crippen molar-refractivity contribution in [2.75, 3.05) is 0 Å². The van der Waals surface area contributed by atoms with Crippen LogP contribution in [0, 0.1) is 6.92 Å². The molecule has 1 amide bonds. The lowest BCUT2D eigenvalue weighted by molar-refractivity contribution is -0.133. The maximum absolute atomic E-state index is 12.9. The Morgan fingerprint density at radius 1 is 1.21 bits per heavy atom. The van der Waals surface area contributed by atoms with Gasteiger partial charge in [-0.05, 0) is 50.2 Å². The highest BCUT2D eigenvalue weighted by molar-refractivity contribution is 7.11. The minimum absolute atomic E-state index is 0.136. The largest absolute Gasteiger partial charge is 0.467 e. The molecule has 0 aliphatic heterocycles. The van der Waals surface area contributed by atoms with Crippen LogP contribution >= 0.6 is 11.3 Å². The van der Waals surface area contributed by atoms with E-state index in [-0.39, 0.29) is 11.9 Å². The molecular formula is C19H22N2O2S. The molecule has 1 atom stereocenters. The van der Waals surface area contributed by atoms with Gasteiger partial charge < -0.3 is 13.9 Å². The van der Waals surface area contributed by atoms with Gasteiger partial charge in [0.2, 0.25) is 5.91 Å². The molecule has 0 spiro atoms. The molecule has 3 heterocycles. The second-order valence-corrected chi connectivity index (χ2v) is 7.40. The van der Waals surface area contributed by atoms with Crippen LogP contribution in [0.1, 0.15) is 34.9 Å². The van der Waals surface area contributed by atoms with Gasteiger partial charge in [-0.15, -0.1) is 11.3 Å². The first-order valence-corrected chi connectivity index (χ1v) is 8.91. The van der Waals surface area contributed by atoms with Gasteiger partial charge in [0.05, 0.1) is 19.4 Å². The van der Waals surface area contributed by atoms with Crippen molar-refractivity contribution >= 4 is 17.2 Å². The predicted molar refractivity (Wildman–Crippen MR) is 95.8 cm³/mol. The summed E-state index contributed by atoms with van der Waals surface area (Å²) in [4.78, 5) is 17.2. The lowest BCUT2D eigenvalue weighted by Crippen LogP contribution is -2.31. The lowest BCUT2D eigenvalue weighted by Gasteiger charge is -2.23. The molecule has 0 saturated heterocycles. The molecule has 0 fully saturated rings. The minimum Gasteiger partial charge on any atom is -0.467 e. The van der Waals surface area contributed by atoms with E-state index in [2.05, 4.69) is 30.5 Å². The van der Waals surface area contributed by atoms with Crippen LogP contribution < -0.4 is 0 Å². The molecule has 4 nitrogen and oxygen atoms in total. The fourth-order valence-electron chi connectivity index (χ4n) is 2.71. The van der Waals surface area contributed by atoms with Gasteiger partial charge in [0, 0.05) is 34.6 Å². The number of hydrogen-bond donors (Lipinski definition) is 0. The number of aryl methyl sites for hydroxylation is 1. The second kappa shape index (κ2) is 7.53. The standard InChI is InChI=1S/C19H22N2O2S/c1-15(20-9-3-4-10-20)12-19(22)21(13-17-6-5-11-23-17)14-18-8-7-16(2)24-18/h3-11,15H,12-14H2,1-2H3. The second-order valence-electron chi connectivity index (χ2n) is 6.02. The number of hydrogen-bond acceptors (Lipinski definition) is 3. The van der Waals surface area contributed by atoms with Crippen LogP contribution in [0.5, 0.6) is 0 Å². The highest BCUT2D eigenvalue weighted by Crippen LogP contribution is 2.21. The Balaban J connectivity index is 1.71. The zero-order chi connectivity index (χ0) is 16.9. The topological polar surface area (TPSA) is 38.4 Å². The first-order valence-electron chi connectivity index (χ1n) is 8.10. The van der Waals surface area contributed by atoms with Gasteiger partial charge >= 0.3 is 0 Å². The Kier molecular flexibility index (Phi) is 5.20. The zero-order valence-corrected chi connectivity index (χ0v) is 14.8. The van der Waals surface area contributed by atoms with Gasteiger partial charge in [0.25, 0.3) is 0 Å². The van der Waals surface area contributed by atoms with Crippen molar-refractivity contribution in [3.8, 4) is 0 Å². The summed E-state index contributed by atoms with van der Waals surface area (Å²) in [6.45, 7) is 5.27. The highest BCUT2D eigenvalue weighted by atomic mass is 32.1. The molecule has 24 heavy (non-hydrogen) atoms. The molecule has 126 valence electrons. The van der Waals surface area contributed by atoms with Crippen molar-refractivity contribution in [2.45, 2.75) is 39.4 Å². The lowest BCUT2D eigenvalue weighted by atomic mass is 10.2. The van der Waals surface area contributed by atoms with Gasteiger partial charge in [-0.25, -0.2) is 0 Å². The summed E-state index contributed by atoms with van der Waals surface area (Å²) >= 11 is 1.73. The molecule has 1 unspecified atom stereocenters. The van der Waals surface area contributed by atoms with Gasteiger partial charge in [0.15, 0.2) is 0 Å². The fourth-order valence-corrected chi connectivity index (χ4v) is 3.62. The highest BCUT2D eigenvalue weighted by Gasteiger charge is 2.19. The number of carbonyl (C=O) groups is 1. The first kappa shape index (κ1) is 16.6. The quantitative estimate of drug-likeness (QED) is 0.628. The number of furan rings is 1. The summed E-state index contributed by atoms with van der Waals surface area (Å²) in [5, 5.41) is 0. The van der Waals surface area contributed by atoms with E-state index >= 15 is 0 Å². The summed E-state index contributed by atoms with van der Waals surface area (Å²) in [6, 6.07) is 12.1. The third-order valence-corrected chi connectivity index (χ3v) is 5.01. The first-order chi connectivity index (χ1) is 11.6. The van der Waals surface area contributed by atoms with E-state index < -0.39 is 0 Å². The molecule has 0 bridgehead atoms. The Morgan fingerprint density at radius 3 is 2.62 bits per heavy atom. The molecule has 0 N–H and O–H groups in total. The van der Waals surface area contributed by atoms with Crippen LogP contribution in [0.2, 0.25) is 0 Å². The monoisotopic (exact) mass is 342 g/mol. The molecule has 3 aromatic rings. The molecule has 3 rings (SSSR count). The zero-order valence-electron chi connectivity index (χ0n) is 14.0. The Labute approximate surface area is 146 Å². The van der Waals surface area contributed by atoms with Crippen molar-refractivity contribution in [1.82, 2.24) is 9.47 Å². The average Bonchev–Trinajstić information content (AvgIpc) is 3.29. The third-order valence-electron chi connectivity index (χ3n) is 4.03. The van der Waals surface area contributed by atoms with Gasteiger partial charge in [-0.3, -0.25) is 4.79 Å². The maximum Gasteiger partial charge on any atom is 0.225 e. The maximum atomic E-state index is 12.9. The molecule has 0 radical (unpaired) electrons.